The summed E-state index contributed by atoms with van der Waals surface area (Å²) in [4.78, 5) is 14.5. The van der Waals surface area contributed by atoms with Gasteiger partial charge < -0.3 is 14.8 Å². The molecular weight excluding hydrogens is 398 g/mol. The molecule has 2 aromatic carbocycles. The molecule has 1 N–H and O–H groups in total. The van der Waals surface area contributed by atoms with Crippen LogP contribution in [0.25, 0.3) is 0 Å². The third-order valence-electron chi connectivity index (χ3n) is 4.54. The molecule has 1 aliphatic heterocycles. The van der Waals surface area contributed by atoms with Gasteiger partial charge in [-0.05, 0) is 36.8 Å². The van der Waals surface area contributed by atoms with Crippen molar-refractivity contribution in [2.24, 2.45) is 0 Å². The molecule has 1 atom stereocenters. The number of methoxy groups -OCH3 is 1. The molecule has 0 radical (unpaired) electrons. The number of benzene rings is 2. The van der Waals surface area contributed by atoms with Crippen LogP contribution in [0.3, 0.4) is 0 Å². The van der Waals surface area contributed by atoms with Crippen LogP contribution < -0.4 is 15.0 Å². The Balaban J connectivity index is 2.19. The first-order valence-electron chi connectivity index (χ1n) is 8.98. The Morgan fingerprint density at radius 2 is 1.83 bits per heavy atom. The highest BCUT2D eigenvalue weighted by molar-refractivity contribution is 7.80. The summed E-state index contributed by atoms with van der Waals surface area (Å²) in [5, 5.41) is 3.44. The highest BCUT2D eigenvalue weighted by atomic mass is 32.1. The second kappa shape index (κ2) is 9.00. The lowest BCUT2D eigenvalue weighted by Crippen LogP contribution is -2.48. The van der Waals surface area contributed by atoms with Crippen molar-refractivity contribution in [1.29, 1.82) is 0 Å². The van der Waals surface area contributed by atoms with Gasteiger partial charge in [-0.2, -0.15) is 8.78 Å². The summed E-state index contributed by atoms with van der Waals surface area (Å²) in [7, 11) is 1.28. The smallest absolute Gasteiger partial charge is 0.387 e. The zero-order valence-electron chi connectivity index (χ0n) is 15.9. The van der Waals surface area contributed by atoms with Crippen molar-refractivity contribution in [3.05, 3.63) is 71.4 Å². The topological polar surface area (TPSA) is 50.8 Å². The van der Waals surface area contributed by atoms with Gasteiger partial charge in [-0.3, -0.25) is 4.90 Å². The van der Waals surface area contributed by atoms with Crippen LogP contribution in [0.5, 0.6) is 5.75 Å². The molecule has 152 valence electrons. The zero-order chi connectivity index (χ0) is 21.0. The maximum atomic E-state index is 12.9. The number of anilines is 1. The minimum absolute atomic E-state index is 0.0344. The number of nitrogens with zero attached hydrogens (tertiary/aromatic N) is 1. The molecule has 0 saturated heterocycles. The number of rotatable bonds is 6. The fourth-order valence-electron chi connectivity index (χ4n) is 3.37. The Hall–Kier alpha value is -3.00. The van der Waals surface area contributed by atoms with Crippen molar-refractivity contribution in [3.63, 3.8) is 0 Å². The second-order valence-corrected chi connectivity index (χ2v) is 6.56. The average molecular weight is 418 g/mol. The SMILES string of the molecule is CCC1=C(C(=O)OC)[C@H](c2ccccc2OC(F)F)NC(=S)N1c1ccccc1. The van der Waals surface area contributed by atoms with Gasteiger partial charge in [-0.15, -0.1) is 0 Å². The largest absolute Gasteiger partial charge is 0.466 e. The van der Waals surface area contributed by atoms with E-state index in [0.29, 0.717) is 22.8 Å². The maximum Gasteiger partial charge on any atom is 0.387 e. The van der Waals surface area contributed by atoms with Crippen molar-refractivity contribution in [2.75, 3.05) is 12.0 Å². The number of alkyl halides is 2. The van der Waals surface area contributed by atoms with Crippen LogP contribution in [-0.4, -0.2) is 24.8 Å². The van der Waals surface area contributed by atoms with Gasteiger partial charge in [0.05, 0.1) is 18.7 Å². The number of thiocarbonyl (C=S) groups is 1. The Bertz CT molecular complexity index is 935. The predicted molar refractivity (Wildman–Crippen MR) is 110 cm³/mol. The Labute approximate surface area is 172 Å². The van der Waals surface area contributed by atoms with Gasteiger partial charge in [0, 0.05) is 16.9 Å². The van der Waals surface area contributed by atoms with Crippen molar-refractivity contribution in [3.8, 4) is 5.75 Å². The molecule has 8 heteroatoms. The monoisotopic (exact) mass is 418 g/mol. The summed E-state index contributed by atoms with van der Waals surface area (Å²) < 4.78 is 35.5. The van der Waals surface area contributed by atoms with Crippen LogP contribution in [0.4, 0.5) is 14.5 Å². The molecule has 5 nitrogen and oxygen atoms in total. The molecule has 0 fully saturated rings. The molecule has 0 unspecified atom stereocenters. The van der Waals surface area contributed by atoms with E-state index in [-0.39, 0.29) is 11.3 Å². The molecule has 29 heavy (non-hydrogen) atoms. The quantitative estimate of drug-likeness (QED) is 0.548. The van der Waals surface area contributed by atoms with E-state index < -0.39 is 18.6 Å². The first kappa shape index (κ1) is 20.7. The van der Waals surface area contributed by atoms with Gasteiger partial charge >= 0.3 is 12.6 Å². The summed E-state index contributed by atoms with van der Waals surface area (Å²) in [5.41, 5.74) is 2.06. The fraction of sp³-hybridized carbons (Fsp3) is 0.238. The molecule has 0 saturated carbocycles. The van der Waals surface area contributed by atoms with E-state index in [2.05, 4.69) is 10.1 Å². The first-order chi connectivity index (χ1) is 14.0. The number of halogens is 2. The normalized spacial score (nSPS) is 16.7. The first-order valence-corrected chi connectivity index (χ1v) is 9.39. The third-order valence-corrected chi connectivity index (χ3v) is 4.84. The van der Waals surface area contributed by atoms with E-state index in [1.54, 1.807) is 23.1 Å². The number of ether oxygens (including phenoxy) is 2. The number of para-hydroxylation sites is 2. The van der Waals surface area contributed by atoms with Crippen LogP contribution in [0.2, 0.25) is 0 Å². The number of esters is 1. The predicted octanol–water partition coefficient (Wildman–Crippen LogP) is 4.56. The Morgan fingerprint density at radius 1 is 1.17 bits per heavy atom. The number of allylic oxidation sites excluding steroid dienone is 1. The van der Waals surface area contributed by atoms with Crippen LogP contribution in [0.1, 0.15) is 24.9 Å². The molecular formula is C21H20F2N2O3S. The molecule has 3 rings (SSSR count). The molecule has 0 amide bonds. The summed E-state index contributed by atoms with van der Waals surface area (Å²) in [6.45, 7) is -1.11. The summed E-state index contributed by atoms with van der Waals surface area (Å²) in [6, 6.07) is 14.9. The molecule has 0 aliphatic carbocycles. The van der Waals surface area contributed by atoms with E-state index in [0.717, 1.165) is 5.69 Å². The molecule has 0 aromatic heterocycles. The van der Waals surface area contributed by atoms with E-state index in [1.807, 2.05) is 37.3 Å². The standard InChI is InChI=1S/C21H20F2N2O3S/c1-3-15-17(19(26)27-2)18(14-11-7-8-12-16(14)28-20(22)23)24-21(29)25(15)13-9-5-4-6-10-13/h4-12,18,20H,3H2,1-2H3,(H,24,29)/t18-/m0/s1. The van der Waals surface area contributed by atoms with E-state index in [1.165, 1.54) is 13.2 Å². The molecule has 2 aromatic rings. The summed E-state index contributed by atoms with van der Waals surface area (Å²) >= 11 is 5.58. The van der Waals surface area contributed by atoms with Crippen molar-refractivity contribution in [2.45, 2.75) is 26.0 Å². The van der Waals surface area contributed by atoms with Crippen LogP contribution in [0.15, 0.2) is 65.9 Å². The summed E-state index contributed by atoms with van der Waals surface area (Å²) in [6.07, 6.45) is 0.468. The van der Waals surface area contributed by atoms with Crippen LogP contribution in [-0.2, 0) is 9.53 Å². The summed E-state index contributed by atoms with van der Waals surface area (Å²) in [5.74, 6) is -0.609. The Kier molecular flexibility index (Phi) is 6.43. The lowest BCUT2D eigenvalue weighted by molar-refractivity contribution is -0.136. The van der Waals surface area contributed by atoms with E-state index in [4.69, 9.17) is 17.0 Å². The number of carbonyl (C=O) groups is 1. The maximum absolute atomic E-state index is 12.9. The van der Waals surface area contributed by atoms with Gasteiger partial charge in [0.15, 0.2) is 5.11 Å². The van der Waals surface area contributed by atoms with Gasteiger partial charge in [-0.1, -0.05) is 43.3 Å². The molecule has 0 spiro atoms. The fourth-order valence-corrected chi connectivity index (χ4v) is 3.70. The molecule has 1 aliphatic rings. The minimum atomic E-state index is -3.00. The van der Waals surface area contributed by atoms with Gasteiger partial charge in [0.25, 0.3) is 0 Å². The van der Waals surface area contributed by atoms with Gasteiger partial charge in [0.1, 0.15) is 5.75 Å². The third kappa shape index (κ3) is 4.22. The second-order valence-electron chi connectivity index (χ2n) is 6.18. The van der Waals surface area contributed by atoms with Crippen LogP contribution in [0, 0.1) is 0 Å². The average Bonchev–Trinajstić information content (AvgIpc) is 2.73. The number of hydrogen-bond donors (Lipinski definition) is 1. The molecule has 1 heterocycles. The van der Waals surface area contributed by atoms with Crippen LogP contribution >= 0.6 is 12.2 Å². The van der Waals surface area contributed by atoms with E-state index in [9.17, 15) is 13.6 Å². The van der Waals surface area contributed by atoms with Gasteiger partial charge in [-0.25, -0.2) is 4.79 Å². The minimum Gasteiger partial charge on any atom is -0.466 e. The lowest BCUT2D eigenvalue weighted by Gasteiger charge is -2.38. The zero-order valence-corrected chi connectivity index (χ0v) is 16.7. The highest BCUT2D eigenvalue weighted by Crippen LogP contribution is 2.38. The van der Waals surface area contributed by atoms with E-state index >= 15 is 0 Å². The van der Waals surface area contributed by atoms with Gasteiger partial charge in [0.2, 0.25) is 0 Å². The van der Waals surface area contributed by atoms with Crippen molar-refractivity contribution >= 4 is 29.0 Å². The van der Waals surface area contributed by atoms with Crippen molar-refractivity contribution in [1.82, 2.24) is 5.32 Å². The number of carbonyl (C=O) groups excluding carboxylic acids is 1. The number of nitrogens with one attached hydrogen (secondary N) is 1. The highest BCUT2D eigenvalue weighted by Gasteiger charge is 2.37. The Morgan fingerprint density at radius 3 is 2.45 bits per heavy atom. The molecule has 0 bridgehead atoms. The van der Waals surface area contributed by atoms with Crippen molar-refractivity contribution < 1.29 is 23.0 Å². The number of hydrogen-bond acceptors (Lipinski definition) is 4. The lowest BCUT2D eigenvalue weighted by atomic mass is 9.92.